The molecule has 0 spiro atoms. The van der Waals surface area contributed by atoms with Crippen LogP contribution in [-0.4, -0.2) is 132 Å². The molecule has 24 heteroatoms. The number of amides is 4. The van der Waals surface area contributed by atoms with Gasteiger partial charge in [0.25, 0.3) is 0 Å². The summed E-state index contributed by atoms with van der Waals surface area (Å²) in [6, 6.07) is -0.0573. The predicted molar refractivity (Wildman–Crippen MR) is 323 cm³/mol. The van der Waals surface area contributed by atoms with Crippen LogP contribution in [0.3, 0.4) is 0 Å². The molecule has 4 heterocycles. The van der Waals surface area contributed by atoms with E-state index in [-0.39, 0.29) is 36.4 Å². The molecule has 4 aromatic rings. The molecule has 4 aromatic heterocycles. The lowest BCUT2D eigenvalue weighted by molar-refractivity contribution is -0.134. The number of carbonyl (C=O) groups is 4. The number of allylic oxidation sites excluding steroid dienone is 1. The molecule has 86 heavy (non-hydrogen) atoms. The van der Waals surface area contributed by atoms with E-state index < -0.39 is 59.4 Å². The molecule has 6 rings (SSSR count). The van der Waals surface area contributed by atoms with Crippen LogP contribution in [0.25, 0.3) is 37.9 Å². The zero-order valence-electron chi connectivity index (χ0n) is 53.3. The second-order valence-corrected chi connectivity index (χ2v) is 24.7. The highest BCUT2D eigenvalue weighted by Crippen LogP contribution is 2.39. The Morgan fingerprint density at radius 2 is 0.965 bits per heavy atom. The van der Waals surface area contributed by atoms with Crippen LogP contribution in [0.1, 0.15) is 179 Å². The van der Waals surface area contributed by atoms with Crippen molar-refractivity contribution in [2.45, 2.75) is 216 Å². The van der Waals surface area contributed by atoms with Crippen molar-refractivity contribution in [1.82, 2.24) is 39.5 Å². The monoisotopic (exact) mass is 1190 g/mol. The molecular formula is C62H90N12O12. The van der Waals surface area contributed by atoms with Crippen molar-refractivity contribution < 1.29 is 57.1 Å². The molecule has 2 aliphatic rings. The molecule has 0 bridgehead atoms. The summed E-state index contributed by atoms with van der Waals surface area (Å²) in [5.74, 6) is 0.590. The van der Waals surface area contributed by atoms with Gasteiger partial charge in [-0.05, 0) is 148 Å². The summed E-state index contributed by atoms with van der Waals surface area (Å²) in [5, 5.41) is 9.22. The van der Waals surface area contributed by atoms with Crippen molar-refractivity contribution in [3.8, 4) is 22.5 Å². The van der Waals surface area contributed by atoms with Gasteiger partial charge in [-0.2, -0.15) is 20.0 Å². The third-order valence-corrected chi connectivity index (χ3v) is 13.3. The zero-order valence-corrected chi connectivity index (χ0v) is 53.3. The van der Waals surface area contributed by atoms with Gasteiger partial charge in [0.2, 0.25) is 6.54 Å². The van der Waals surface area contributed by atoms with Crippen molar-refractivity contribution in [3.63, 3.8) is 0 Å². The average molecular weight is 1200 g/mol. The summed E-state index contributed by atoms with van der Waals surface area (Å²) in [5.41, 5.74) is 0.170. The maximum absolute atomic E-state index is 13.6. The van der Waals surface area contributed by atoms with Gasteiger partial charge in [0.15, 0.2) is 30.4 Å². The topological polar surface area (TPSA) is 245 Å². The van der Waals surface area contributed by atoms with Crippen LogP contribution in [0.2, 0.25) is 0 Å². The van der Waals surface area contributed by atoms with E-state index in [1.165, 1.54) is 18.9 Å². The Morgan fingerprint density at radius 1 is 0.581 bits per heavy atom. The van der Waals surface area contributed by atoms with Crippen molar-refractivity contribution in [2.24, 2.45) is 11.8 Å². The van der Waals surface area contributed by atoms with Crippen LogP contribution in [-0.2, 0) is 50.7 Å². The molecule has 470 valence electrons. The molecule has 0 N–H and O–H groups in total. The van der Waals surface area contributed by atoms with Crippen molar-refractivity contribution >= 4 is 41.7 Å². The van der Waals surface area contributed by atoms with Gasteiger partial charge in [0.1, 0.15) is 41.1 Å². The van der Waals surface area contributed by atoms with Crippen molar-refractivity contribution in [1.29, 1.82) is 0 Å². The SMILES string of the molecule is [C-]#[N+]/C=C(/C1CCCC1)n1cc(-c2ncnc(N(C(=O)OC(C)(C)C)C(=O)OC(C)(C)C)c2CC(OCC)OCC)cn1.[C-]#[N+]C[C@H](C1CCCC1)n1cc(-c2ncnc(N(C(=O)OC(C)(C)C)C(=O)OC(C)(C)C)c2CC(OCC)OCC)cn1. The van der Waals surface area contributed by atoms with Gasteiger partial charge in [-0.1, -0.05) is 25.7 Å². The highest BCUT2D eigenvalue weighted by atomic mass is 16.7. The van der Waals surface area contributed by atoms with E-state index in [9.17, 15) is 19.2 Å². The first kappa shape index (κ1) is 69.4. The number of ether oxygens (including phenoxy) is 8. The van der Waals surface area contributed by atoms with E-state index in [4.69, 9.17) is 51.0 Å². The number of hydrogen-bond donors (Lipinski definition) is 0. The van der Waals surface area contributed by atoms with Crippen LogP contribution in [0.4, 0.5) is 30.8 Å². The minimum atomic E-state index is -0.948. The third kappa shape index (κ3) is 20.4. The maximum Gasteiger partial charge on any atom is 0.425 e. The first-order valence-electron chi connectivity index (χ1n) is 29.7. The largest absolute Gasteiger partial charge is 0.443 e. The lowest BCUT2D eigenvalue weighted by atomic mass is 9.98. The molecule has 2 fully saturated rings. The molecule has 0 radical (unpaired) electrons. The maximum atomic E-state index is 13.6. The molecule has 1 atom stereocenters. The van der Waals surface area contributed by atoms with E-state index in [1.54, 1.807) is 106 Å². The molecule has 2 saturated carbocycles. The summed E-state index contributed by atoms with van der Waals surface area (Å²) >= 11 is 0. The fourth-order valence-corrected chi connectivity index (χ4v) is 9.95. The molecule has 0 unspecified atom stereocenters. The number of hydrogen-bond acceptors (Lipinski definition) is 18. The van der Waals surface area contributed by atoms with Crippen molar-refractivity contribution in [3.05, 3.63) is 77.6 Å². The van der Waals surface area contributed by atoms with Crippen molar-refractivity contribution in [2.75, 3.05) is 42.8 Å². The van der Waals surface area contributed by atoms with Gasteiger partial charge in [0, 0.05) is 79.6 Å². The Kier molecular flexibility index (Phi) is 25.3. The van der Waals surface area contributed by atoms with Gasteiger partial charge in [-0.25, -0.2) is 50.5 Å². The van der Waals surface area contributed by atoms with Gasteiger partial charge >= 0.3 is 24.4 Å². The Balaban J connectivity index is 0.000000314. The van der Waals surface area contributed by atoms with E-state index in [2.05, 4.69) is 39.8 Å². The Hall–Kier alpha value is -7.38. The van der Waals surface area contributed by atoms with Gasteiger partial charge in [-0.15, -0.1) is 0 Å². The normalized spacial score (nSPS) is 14.7. The smallest absolute Gasteiger partial charge is 0.425 e. The van der Waals surface area contributed by atoms with Crippen LogP contribution in [0.15, 0.2) is 43.6 Å². The summed E-state index contributed by atoms with van der Waals surface area (Å²) in [6.07, 6.45) is 14.7. The average Bonchev–Trinajstić information content (AvgIpc) is 1.47. The van der Waals surface area contributed by atoms with E-state index >= 15 is 0 Å². The van der Waals surface area contributed by atoms with Gasteiger partial charge in [-0.3, -0.25) is 9.36 Å². The van der Waals surface area contributed by atoms with E-state index in [0.717, 1.165) is 66.9 Å². The second-order valence-electron chi connectivity index (χ2n) is 24.7. The summed E-state index contributed by atoms with van der Waals surface area (Å²) in [6.45, 7) is 44.7. The van der Waals surface area contributed by atoms with E-state index in [1.807, 2.05) is 38.6 Å². The van der Waals surface area contributed by atoms with Crippen LogP contribution in [0.5, 0.6) is 0 Å². The standard InChI is InChI=1S/C31H46N6O6.C31H44N6O6/c2*1-10-40-25(41-11-2)16-23-26(22-17-35-36(19-22)24(18-32-9)21-14-12-13-15-21)33-20-34-27(23)37(28(38)42-30(3,4)5)29(39)43-31(6,7)8/h17,19-21,24-25H,10-16,18H2,1-8H3;17-21,25H,10-16H2,1-8H3/b;24-18-/t24-;/m1./s1. The molecule has 4 amide bonds. The zero-order chi connectivity index (χ0) is 63.6. The molecule has 0 saturated heterocycles. The number of aromatic nitrogens is 8. The minimum Gasteiger partial charge on any atom is -0.443 e. The Labute approximate surface area is 507 Å². The minimum absolute atomic E-state index is 0.000780. The first-order valence-corrected chi connectivity index (χ1v) is 29.7. The van der Waals surface area contributed by atoms with Gasteiger partial charge < -0.3 is 42.7 Å². The summed E-state index contributed by atoms with van der Waals surface area (Å²) < 4.78 is 49.4. The van der Waals surface area contributed by atoms with E-state index in [0.29, 0.717) is 72.5 Å². The second kappa shape index (κ2) is 31.3. The highest BCUT2D eigenvalue weighted by molar-refractivity contribution is 6.10. The Bertz CT molecular complexity index is 2930. The third-order valence-electron chi connectivity index (χ3n) is 13.3. The summed E-state index contributed by atoms with van der Waals surface area (Å²) in [4.78, 5) is 81.0. The number of anilines is 2. The lowest BCUT2D eigenvalue weighted by Gasteiger charge is -2.29. The quantitative estimate of drug-likeness (QED) is 0.0427. The van der Waals surface area contributed by atoms with Crippen LogP contribution < -0.4 is 9.80 Å². The predicted octanol–water partition coefficient (Wildman–Crippen LogP) is 13.5. The molecular weight excluding hydrogens is 1100 g/mol. The molecule has 2 aliphatic carbocycles. The van der Waals surface area contributed by atoms with Crippen LogP contribution in [0, 0.1) is 25.0 Å². The number of carbonyl (C=O) groups excluding carboxylic acids is 4. The molecule has 24 nitrogen and oxygen atoms in total. The van der Waals surface area contributed by atoms with Crippen LogP contribution >= 0.6 is 0 Å². The Morgan fingerprint density at radius 3 is 1.34 bits per heavy atom. The lowest BCUT2D eigenvalue weighted by Crippen LogP contribution is -2.45. The highest BCUT2D eigenvalue weighted by Gasteiger charge is 2.40. The molecule has 0 aromatic carbocycles. The number of rotatable bonds is 21. The fraction of sp³-hybridized carbons (Fsp3) is 0.645. The molecule has 0 aliphatic heterocycles. The van der Waals surface area contributed by atoms with Gasteiger partial charge in [0.05, 0.1) is 30.4 Å². The number of imide groups is 2. The fourth-order valence-electron chi connectivity index (χ4n) is 9.95. The summed E-state index contributed by atoms with van der Waals surface area (Å²) in [7, 11) is 0. The number of nitrogens with zero attached hydrogens (tertiary/aromatic N) is 12. The first-order chi connectivity index (χ1) is 40.5.